The minimum atomic E-state index is -4.27. The number of hydrogen-bond acceptors (Lipinski definition) is 36. The fourth-order valence-electron chi connectivity index (χ4n) is 15.9. The third kappa shape index (κ3) is 29.0. The largest absolute Gasteiger partial charge is 0.484 e. The maximum absolute atomic E-state index is 14.9. The summed E-state index contributed by atoms with van der Waals surface area (Å²) in [7, 11) is 2.69. The minimum Gasteiger partial charge on any atom is -0.484 e. The molecule has 5 aliphatic rings. The van der Waals surface area contributed by atoms with E-state index in [4.69, 9.17) is 106 Å². The Morgan fingerprint density at radius 3 is 1.92 bits per heavy atom. The zero-order valence-corrected chi connectivity index (χ0v) is 76.6. The smallest absolute Gasteiger partial charge is 0.410 e. The van der Waals surface area contributed by atoms with Crippen LogP contribution in [-0.4, -0.2) is 287 Å². The number of nitrogens with zero attached hydrogens (tertiary/aromatic N) is 6. The van der Waals surface area contributed by atoms with Crippen LogP contribution in [0.1, 0.15) is 97.4 Å². The van der Waals surface area contributed by atoms with E-state index in [0.29, 0.717) is 66.1 Å². The Hall–Kier alpha value is -10.1. The summed E-state index contributed by atoms with van der Waals surface area (Å²) in [6.45, 7) is -2.63. The lowest BCUT2D eigenvalue weighted by Gasteiger charge is -2.43. The lowest BCUT2D eigenvalue weighted by atomic mass is 9.80. The molecule has 46 heteroatoms. The number of hydrogen-bond donors (Lipinski definition) is 7. The van der Waals surface area contributed by atoms with Crippen LogP contribution < -0.4 is 31.0 Å². The van der Waals surface area contributed by atoms with Crippen LogP contribution in [0, 0.1) is 17.8 Å². The Bertz CT molecular complexity index is 5180. The van der Waals surface area contributed by atoms with Gasteiger partial charge in [-0.3, -0.25) is 48.4 Å². The van der Waals surface area contributed by atoms with E-state index in [1.165, 1.54) is 52.6 Å². The third-order valence-electron chi connectivity index (χ3n) is 21.9. The molecule has 0 radical (unpaired) electrons. The molecule has 716 valence electrons. The van der Waals surface area contributed by atoms with Gasteiger partial charge in [0.15, 0.2) is 29.5 Å². The van der Waals surface area contributed by atoms with Crippen molar-refractivity contribution in [2.75, 3.05) is 157 Å². The highest BCUT2D eigenvalue weighted by atomic mass is 32.7. The fourth-order valence-corrected chi connectivity index (χ4v) is 19.0. The molecule has 2 unspecified atom stereocenters. The molecule has 42 nitrogen and oxygen atoms in total. The number of carbonyl (C=O) groups excluding carboxylic acids is 8. The Balaban J connectivity index is 0.742. The number of amides is 4. The number of benzene rings is 4. The van der Waals surface area contributed by atoms with Crippen molar-refractivity contribution in [1.29, 1.82) is 0 Å². The predicted molar refractivity (Wildman–Crippen MR) is 472 cm³/mol. The van der Waals surface area contributed by atoms with E-state index in [1.54, 1.807) is 31.4 Å². The molecule has 4 fully saturated rings. The zero-order valence-electron chi connectivity index (χ0n) is 73.1. The van der Waals surface area contributed by atoms with Crippen LogP contribution in [0.4, 0.5) is 21.2 Å². The first-order valence-corrected chi connectivity index (χ1v) is 48.0. The summed E-state index contributed by atoms with van der Waals surface area (Å²) in [6, 6.07) is 26.6. The minimum absolute atomic E-state index is 0.00900. The molecule has 7 aromatic rings. The van der Waals surface area contributed by atoms with Crippen LogP contribution in [0.15, 0.2) is 121 Å². The van der Waals surface area contributed by atoms with Crippen molar-refractivity contribution in [2.45, 2.75) is 127 Å². The van der Waals surface area contributed by atoms with E-state index >= 15 is 0 Å². The van der Waals surface area contributed by atoms with Gasteiger partial charge in [0.1, 0.15) is 49.5 Å². The van der Waals surface area contributed by atoms with Crippen LogP contribution in [0.2, 0.25) is 0 Å². The van der Waals surface area contributed by atoms with Gasteiger partial charge >= 0.3 is 49.6 Å². The summed E-state index contributed by atoms with van der Waals surface area (Å²) >= 11 is 9.88. The van der Waals surface area contributed by atoms with Crippen molar-refractivity contribution in [3.8, 4) is 22.8 Å². The molecule has 2 bridgehead atoms. The Kier molecular flexibility index (Phi) is 38.1. The number of esters is 4. The number of methoxy groups -OCH3 is 2. The molecule has 3 aromatic heterocycles. The molecule has 4 heterocycles. The highest BCUT2D eigenvalue weighted by molar-refractivity contribution is 8.44. The van der Waals surface area contributed by atoms with Crippen LogP contribution >= 0.6 is 25.8 Å². The van der Waals surface area contributed by atoms with Crippen molar-refractivity contribution in [2.24, 2.45) is 17.8 Å². The van der Waals surface area contributed by atoms with E-state index in [-0.39, 0.29) is 155 Å². The molecule has 0 spiro atoms. The zero-order chi connectivity index (χ0) is 93.7. The van der Waals surface area contributed by atoms with E-state index in [0.717, 1.165) is 50.1 Å². The van der Waals surface area contributed by atoms with Gasteiger partial charge in [-0.25, -0.2) is 29.1 Å². The number of anilines is 2. The first-order valence-electron chi connectivity index (χ1n) is 42.7. The van der Waals surface area contributed by atoms with Crippen molar-refractivity contribution < 1.29 is 147 Å². The number of alkyl carbamates (subject to hydrolysis) is 1. The normalized spacial score (nSPS) is 23.3. The van der Waals surface area contributed by atoms with Gasteiger partial charge in [-0.05, 0) is 76.2 Å². The van der Waals surface area contributed by atoms with Gasteiger partial charge in [0.05, 0.1) is 150 Å². The number of fused-ring (bicyclic) bond motifs is 7. The summed E-state index contributed by atoms with van der Waals surface area (Å²) in [5.74, 6) is -8.48. The van der Waals surface area contributed by atoms with Gasteiger partial charge in [-0.2, -0.15) is 4.98 Å². The topological polar surface area (TPSA) is 507 Å². The average Bonchev–Trinajstić information content (AvgIpc) is 1.55. The number of aromatic amines is 1. The number of aliphatic hydroxyl groups excluding tert-OH is 1. The van der Waals surface area contributed by atoms with Crippen LogP contribution in [-0.2, 0) is 138 Å². The predicted octanol–water partition coefficient (Wildman–Crippen LogP) is 7.52. The second-order valence-electron chi connectivity index (χ2n) is 31.0. The van der Waals surface area contributed by atoms with Crippen LogP contribution in [0.5, 0.6) is 11.6 Å². The van der Waals surface area contributed by atoms with E-state index in [9.17, 15) is 57.7 Å². The molecule has 4 amide bonds. The standard InChI is InChI=1S/C86H108N10O32P2S2/c1-52(97)122-76-65(83(104)110-5)44-71(78(123-53(2)98)79(76)124-54(3)99)126-69-19-18-55(40-67(69)91-72(100)20-23-88-85(105)118-49-66-63-16-10-8-14-61(63)62-15-9-11-17-64(62)66)46-119-86(106)95(24-25-111-28-29-113-32-33-115-36-37-117-39-38-116-35-34-114-31-30-112-27-26-109-4)45-56-12-6-7-13-60(56)81(102)93-84-92-80-74(82(103)94-84)90-51-96(80)68-42-58-48-121-129(107,131)127-70-43-59(125-73-21-22-87-50-89-73)41-57(70)47-120-130(108,132)128-77(68)75(58)101/h6-19,21-22,40,50-51,57-59,65-66,68,70-71,75-79,101H,20,23-39,41-49H2,1-5H3,(H,88,105)(H,91,100)(H,107,131)(H,108,132)(H2,92,93,94,102,103)/t57-,58-,59-,65+,68-,70+,71-,75-,76-,77+,78+,79+,129?,130?/m1/s1. The summed E-state index contributed by atoms with van der Waals surface area (Å²) in [6.07, 6.45) is -8.38. The molecule has 1 saturated heterocycles. The highest BCUT2D eigenvalue weighted by Crippen LogP contribution is 2.59. The molecule has 6 N–H and O–H groups in total. The van der Waals surface area contributed by atoms with Gasteiger partial charge in [-0.1, -0.05) is 85.0 Å². The molecular formula is C86H108N10O32P2S2. The molecule has 4 aromatic carbocycles. The first kappa shape index (κ1) is 101. The molecule has 3 saturated carbocycles. The number of nitrogens with one attached hydrogen (secondary N) is 4. The number of thiol groups is 1. The Morgan fingerprint density at radius 1 is 0.674 bits per heavy atom. The van der Waals surface area contributed by atoms with Crippen LogP contribution in [0.3, 0.4) is 0 Å². The summed E-state index contributed by atoms with van der Waals surface area (Å²) in [5.41, 5.74) is 3.23. The number of rotatable bonds is 45. The van der Waals surface area contributed by atoms with E-state index in [2.05, 4.69) is 53.1 Å². The number of H-pyrrole nitrogens is 1. The van der Waals surface area contributed by atoms with Crippen molar-refractivity contribution >= 4 is 108 Å². The third-order valence-corrected chi connectivity index (χ3v) is 25.1. The maximum Gasteiger partial charge on any atom is 0.410 e. The lowest BCUT2D eigenvalue weighted by Crippen LogP contribution is -2.61. The monoisotopic (exact) mass is 1920 g/mol. The number of imidazole rings is 1. The quantitative estimate of drug-likeness (QED) is 0.00637. The molecule has 4 aliphatic carbocycles. The first-order chi connectivity index (χ1) is 63.7. The van der Waals surface area contributed by atoms with Gasteiger partial charge in [0, 0.05) is 102 Å². The summed E-state index contributed by atoms with van der Waals surface area (Å²) in [5, 5.41) is 20.0. The van der Waals surface area contributed by atoms with Crippen molar-refractivity contribution in [1.82, 2.24) is 39.7 Å². The fraction of sp³-hybridized carbons (Fsp3) is 0.523. The molecule has 132 heavy (non-hydrogen) atoms. The van der Waals surface area contributed by atoms with Gasteiger partial charge in [-0.15, -0.1) is 0 Å². The summed E-state index contributed by atoms with van der Waals surface area (Å²) in [4.78, 5) is 156. The molecule has 12 rings (SSSR count). The second-order valence-corrected chi connectivity index (χ2v) is 36.7. The maximum atomic E-state index is 14.9. The molecular weight excluding hydrogens is 1810 g/mol. The van der Waals surface area contributed by atoms with Crippen molar-refractivity contribution in [3.05, 3.63) is 154 Å². The van der Waals surface area contributed by atoms with Crippen molar-refractivity contribution in [3.63, 3.8) is 0 Å². The average molecular weight is 1920 g/mol. The van der Waals surface area contributed by atoms with Crippen LogP contribution in [0.25, 0.3) is 22.3 Å². The Labute approximate surface area is 769 Å². The molecule has 14 atom stereocenters. The van der Waals surface area contributed by atoms with E-state index < -0.39 is 153 Å². The van der Waals surface area contributed by atoms with Gasteiger partial charge in [0.25, 0.3) is 11.5 Å². The number of aliphatic hydroxyl groups is 1. The highest BCUT2D eigenvalue weighted by Gasteiger charge is 2.55. The molecule has 1 aliphatic heterocycles. The van der Waals surface area contributed by atoms with E-state index in [1.807, 2.05) is 48.5 Å². The number of carbonyl (C=O) groups is 8. The number of aromatic nitrogens is 6. The summed E-state index contributed by atoms with van der Waals surface area (Å²) < 4.78 is 130. The second kappa shape index (κ2) is 49.8. The lowest BCUT2D eigenvalue weighted by molar-refractivity contribution is -0.213. The Morgan fingerprint density at radius 2 is 1.29 bits per heavy atom. The number of ether oxygens (including phenoxy) is 16. The SMILES string of the molecule is COCCOCCOCCOCCOCCOCCOCCOCCN(Cc1ccccc1C(=O)Nc1nc2c(ncn2[C@@H]2C[C@@H]3COP(=O)(S)O[C@H]4C[C@H](Oc5ccncn5)C[C@@H]4COP(O)(=S)O[C@@H]2[C@@H]3O)c(=O)[nH]1)C(=O)OCc1ccc(O[C@@H]2C[C@H](C(=O)OC)[C@@H](OC(C)=O)[C@H](OC(C)=O)[C@H]2OC(C)=O)c(NC(=O)CCNC(=O)OCC2c3ccccc3-c3ccccc32)c1. The van der Waals surface area contributed by atoms with Gasteiger partial charge in [0.2, 0.25) is 17.7 Å². The van der Waals surface area contributed by atoms with Gasteiger partial charge < -0.3 is 119 Å².